The Labute approximate surface area is 73.9 Å². The van der Waals surface area contributed by atoms with Crippen molar-refractivity contribution in [2.24, 2.45) is 0 Å². The fraction of sp³-hybridized carbons (Fsp3) is 0.500. The van der Waals surface area contributed by atoms with E-state index < -0.39 is 0 Å². The average Bonchev–Trinajstić information content (AvgIpc) is 2.11. The molecule has 0 aromatic carbocycles. The molecule has 2 nitrogen and oxygen atoms in total. The predicted octanol–water partition coefficient (Wildman–Crippen LogP) is 2.81. The lowest BCUT2D eigenvalue weighted by molar-refractivity contribution is -0.133. The highest BCUT2D eigenvalue weighted by atomic mass is 16.5. The van der Waals surface area contributed by atoms with Crippen LogP contribution in [0, 0.1) is 0 Å². The quantitative estimate of drug-likeness (QED) is 0.368. The van der Waals surface area contributed by atoms with Crippen LogP contribution < -0.4 is 0 Å². The lowest BCUT2D eigenvalue weighted by atomic mass is 10.3. The molecule has 0 aromatic heterocycles. The van der Waals surface area contributed by atoms with Crippen LogP contribution in [0.4, 0.5) is 0 Å². The molecule has 0 fully saturated rings. The first-order chi connectivity index (χ1) is 5.61. The Morgan fingerprint density at radius 1 is 1.42 bits per heavy atom. The van der Waals surface area contributed by atoms with Crippen LogP contribution in [-0.2, 0) is 9.53 Å². The van der Waals surface area contributed by atoms with Crippen LogP contribution in [0.3, 0.4) is 0 Å². The van der Waals surface area contributed by atoms with E-state index >= 15 is 0 Å². The van der Waals surface area contributed by atoms with Crippen molar-refractivity contribution in [1.82, 2.24) is 0 Å². The fourth-order valence-electron chi connectivity index (χ4n) is 0.448. The number of hydrogen-bond donors (Lipinski definition) is 0. The maximum atomic E-state index is 11.1. The molecule has 0 unspecified atom stereocenters. The van der Waals surface area contributed by atoms with Gasteiger partial charge in [0.1, 0.15) is 0 Å². The van der Waals surface area contributed by atoms with Crippen LogP contribution in [0.1, 0.15) is 34.1 Å². The zero-order chi connectivity index (χ0) is 9.56. The molecule has 0 heterocycles. The van der Waals surface area contributed by atoms with Gasteiger partial charge >= 0.3 is 5.97 Å². The number of rotatable bonds is 3. The monoisotopic (exact) mass is 168 g/mol. The van der Waals surface area contributed by atoms with Crippen molar-refractivity contribution >= 4 is 5.97 Å². The first kappa shape index (κ1) is 11.0. The number of allylic oxidation sites excluding steroid dienone is 2. The fourth-order valence-corrected chi connectivity index (χ4v) is 0.448. The standard InChI is InChI=1S/C10H16O2/c1-5-8(3)7-12-10(11)9(4)6-2/h6-7H,5H2,1-4H3/b8-7+,9-6-. The summed E-state index contributed by atoms with van der Waals surface area (Å²) in [6.45, 7) is 7.49. The van der Waals surface area contributed by atoms with Crippen LogP contribution in [0.5, 0.6) is 0 Å². The normalized spacial score (nSPS) is 13.0. The number of hydrogen-bond acceptors (Lipinski definition) is 2. The van der Waals surface area contributed by atoms with Gasteiger partial charge in [-0.25, -0.2) is 4.79 Å². The summed E-state index contributed by atoms with van der Waals surface area (Å²) < 4.78 is 4.88. The van der Waals surface area contributed by atoms with Gasteiger partial charge in [0.05, 0.1) is 6.26 Å². The molecular weight excluding hydrogens is 152 g/mol. The molecule has 0 bridgehead atoms. The molecule has 68 valence electrons. The third-order valence-corrected chi connectivity index (χ3v) is 1.68. The van der Waals surface area contributed by atoms with E-state index in [1.165, 1.54) is 6.26 Å². The SMILES string of the molecule is C/C=C(/C)C(=O)O/C=C(\C)CC. The van der Waals surface area contributed by atoms with Gasteiger partial charge in [0.2, 0.25) is 0 Å². The predicted molar refractivity (Wildman–Crippen MR) is 49.6 cm³/mol. The van der Waals surface area contributed by atoms with Crippen molar-refractivity contribution in [2.75, 3.05) is 0 Å². The van der Waals surface area contributed by atoms with Crippen molar-refractivity contribution < 1.29 is 9.53 Å². The van der Waals surface area contributed by atoms with Crippen molar-refractivity contribution in [3.05, 3.63) is 23.5 Å². The zero-order valence-corrected chi connectivity index (χ0v) is 8.18. The molecule has 2 heteroatoms. The molecule has 0 rings (SSSR count). The summed E-state index contributed by atoms with van der Waals surface area (Å²) in [6, 6.07) is 0. The Bertz CT molecular complexity index is 212. The number of carbonyl (C=O) groups is 1. The molecular formula is C10H16O2. The van der Waals surface area contributed by atoms with Crippen molar-refractivity contribution in [1.29, 1.82) is 0 Å². The van der Waals surface area contributed by atoms with Crippen LogP contribution in [-0.4, -0.2) is 5.97 Å². The van der Waals surface area contributed by atoms with Crippen molar-refractivity contribution in [3.63, 3.8) is 0 Å². The van der Waals surface area contributed by atoms with E-state index in [1.54, 1.807) is 13.0 Å². The summed E-state index contributed by atoms with van der Waals surface area (Å²) in [4.78, 5) is 11.1. The van der Waals surface area contributed by atoms with E-state index in [4.69, 9.17) is 4.74 Å². The van der Waals surface area contributed by atoms with Gasteiger partial charge in [0.15, 0.2) is 0 Å². The van der Waals surface area contributed by atoms with Crippen LogP contribution in [0.15, 0.2) is 23.5 Å². The Hall–Kier alpha value is -1.05. The van der Waals surface area contributed by atoms with Crippen molar-refractivity contribution in [3.8, 4) is 0 Å². The Balaban J connectivity index is 4.04. The van der Waals surface area contributed by atoms with Gasteiger partial charge in [-0.3, -0.25) is 0 Å². The van der Waals surface area contributed by atoms with Gasteiger partial charge in [-0.1, -0.05) is 13.0 Å². The molecule has 0 N–H and O–H groups in total. The molecule has 0 saturated carbocycles. The third-order valence-electron chi connectivity index (χ3n) is 1.68. The number of esters is 1. The van der Waals surface area contributed by atoms with Gasteiger partial charge in [0, 0.05) is 5.57 Å². The zero-order valence-electron chi connectivity index (χ0n) is 8.18. The van der Waals surface area contributed by atoms with Crippen LogP contribution in [0.25, 0.3) is 0 Å². The highest BCUT2D eigenvalue weighted by Crippen LogP contribution is 2.01. The minimum atomic E-state index is -0.273. The van der Waals surface area contributed by atoms with E-state index in [1.807, 2.05) is 20.8 Å². The molecule has 12 heavy (non-hydrogen) atoms. The minimum Gasteiger partial charge on any atom is -0.431 e. The van der Waals surface area contributed by atoms with E-state index in [-0.39, 0.29) is 5.97 Å². The highest BCUT2D eigenvalue weighted by Gasteiger charge is 2.01. The minimum absolute atomic E-state index is 0.273. The van der Waals surface area contributed by atoms with E-state index in [0.717, 1.165) is 12.0 Å². The lowest BCUT2D eigenvalue weighted by Crippen LogP contribution is -2.00. The molecule has 0 spiro atoms. The van der Waals surface area contributed by atoms with Gasteiger partial charge in [0.25, 0.3) is 0 Å². The Morgan fingerprint density at radius 3 is 2.42 bits per heavy atom. The van der Waals surface area contributed by atoms with Gasteiger partial charge < -0.3 is 4.74 Å². The van der Waals surface area contributed by atoms with E-state index in [2.05, 4.69) is 0 Å². The second kappa shape index (κ2) is 5.58. The summed E-state index contributed by atoms with van der Waals surface area (Å²) >= 11 is 0. The molecule has 0 atom stereocenters. The largest absolute Gasteiger partial charge is 0.431 e. The first-order valence-corrected chi connectivity index (χ1v) is 4.11. The summed E-state index contributed by atoms with van der Waals surface area (Å²) in [7, 11) is 0. The molecule has 0 saturated heterocycles. The molecule has 0 aliphatic rings. The lowest BCUT2D eigenvalue weighted by Gasteiger charge is -1.99. The number of ether oxygens (including phenoxy) is 1. The smallest absolute Gasteiger partial charge is 0.338 e. The third kappa shape index (κ3) is 3.96. The molecule has 0 aliphatic heterocycles. The Morgan fingerprint density at radius 2 is 2.00 bits per heavy atom. The molecule has 0 aromatic rings. The first-order valence-electron chi connectivity index (χ1n) is 4.11. The van der Waals surface area contributed by atoms with Gasteiger partial charge in [-0.2, -0.15) is 0 Å². The number of carbonyl (C=O) groups excluding carboxylic acids is 1. The van der Waals surface area contributed by atoms with Crippen LogP contribution in [0.2, 0.25) is 0 Å². The Kier molecular flexibility index (Phi) is 5.09. The summed E-state index contributed by atoms with van der Waals surface area (Å²) in [5, 5.41) is 0. The molecule has 0 aliphatic carbocycles. The second-order valence-corrected chi connectivity index (χ2v) is 2.69. The summed E-state index contributed by atoms with van der Waals surface area (Å²) in [5.74, 6) is -0.273. The van der Waals surface area contributed by atoms with E-state index in [9.17, 15) is 4.79 Å². The molecule has 0 amide bonds. The van der Waals surface area contributed by atoms with E-state index in [0.29, 0.717) is 5.57 Å². The highest BCUT2D eigenvalue weighted by molar-refractivity contribution is 5.88. The van der Waals surface area contributed by atoms with Crippen LogP contribution >= 0.6 is 0 Å². The molecule has 0 radical (unpaired) electrons. The van der Waals surface area contributed by atoms with Crippen molar-refractivity contribution in [2.45, 2.75) is 34.1 Å². The maximum absolute atomic E-state index is 11.1. The topological polar surface area (TPSA) is 26.3 Å². The summed E-state index contributed by atoms with van der Waals surface area (Å²) in [6.07, 6.45) is 4.15. The average molecular weight is 168 g/mol. The second-order valence-electron chi connectivity index (χ2n) is 2.69. The van der Waals surface area contributed by atoms with Gasteiger partial charge in [-0.15, -0.1) is 0 Å². The maximum Gasteiger partial charge on any atom is 0.338 e. The van der Waals surface area contributed by atoms with Gasteiger partial charge in [-0.05, 0) is 32.8 Å². The summed E-state index contributed by atoms with van der Waals surface area (Å²) in [5.41, 5.74) is 1.70.